The third-order valence-electron chi connectivity index (χ3n) is 8.34. The number of carbonyl (C=O) groups excluding carboxylic acids is 4. The van der Waals surface area contributed by atoms with Crippen molar-refractivity contribution in [1.82, 2.24) is 4.90 Å². The van der Waals surface area contributed by atoms with Crippen LogP contribution < -0.4 is 11.1 Å². The molecule has 7 N–H and O–H groups in total. The van der Waals surface area contributed by atoms with E-state index in [0.29, 0.717) is 22.4 Å². The molecule has 0 saturated heterocycles. The first-order valence-corrected chi connectivity index (χ1v) is 13.2. The van der Waals surface area contributed by atoms with E-state index in [1.54, 1.807) is 44.4 Å². The number of amides is 2. The Labute approximate surface area is 240 Å². The lowest BCUT2D eigenvalue weighted by Gasteiger charge is -2.50. The summed E-state index contributed by atoms with van der Waals surface area (Å²) in [5, 5.41) is 47.7. The second-order valence-electron chi connectivity index (χ2n) is 11.0. The Morgan fingerprint density at radius 2 is 1.86 bits per heavy atom. The summed E-state index contributed by atoms with van der Waals surface area (Å²) in [5.74, 6) is -7.43. The van der Waals surface area contributed by atoms with Gasteiger partial charge < -0.3 is 36.2 Å². The molecule has 0 bridgehead atoms. The van der Waals surface area contributed by atoms with Crippen LogP contribution in [0.15, 0.2) is 53.3 Å². The predicted octanol–water partition coefficient (Wildman–Crippen LogP) is 1.22. The maximum absolute atomic E-state index is 14.0. The molecule has 1 fully saturated rings. The van der Waals surface area contributed by atoms with Crippen molar-refractivity contribution in [3.63, 3.8) is 0 Å². The molecule has 12 heteroatoms. The highest BCUT2D eigenvalue weighted by atomic mass is 16.5. The number of primary amides is 1. The van der Waals surface area contributed by atoms with Gasteiger partial charge in [-0.05, 0) is 67.7 Å². The number of aliphatic hydroxyl groups is 3. The van der Waals surface area contributed by atoms with Crippen molar-refractivity contribution in [3.05, 3.63) is 64.4 Å². The topological polar surface area (TPSA) is 200 Å². The number of ketones is 2. The molecule has 42 heavy (non-hydrogen) atoms. The highest BCUT2D eigenvalue weighted by Crippen LogP contribution is 2.53. The molecule has 0 aromatic heterocycles. The Balaban J connectivity index is 1.66. The van der Waals surface area contributed by atoms with Gasteiger partial charge in [0, 0.05) is 24.3 Å². The van der Waals surface area contributed by atoms with Crippen LogP contribution in [0.5, 0.6) is 5.75 Å². The summed E-state index contributed by atoms with van der Waals surface area (Å²) >= 11 is 0. The number of ether oxygens (including phenoxy) is 1. The zero-order valence-electron chi connectivity index (χ0n) is 23.2. The lowest BCUT2D eigenvalue weighted by Crippen LogP contribution is -2.65. The van der Waals surface area contributed by atoms with Crippen LogP contribution in [0, 0.1) is 11.8 Å². The number of nitrogens with zero attached hydrogens (tertiary/aromatic N) is 1. The average molecular weight is 578 g/mol. The molecule has 3 aliphatic rings. The molecule has 2 amide bonds. The number of nitrogens with one attached hydrogen (secondary N) is 1. The molecule has 2 aromatic carbocycles. The van der Waals surface area contributed by atoms with E-state index in [4.69, 9.17) is 10.5 Å². The Kier molecular flexibility index (Phi) is 7.17. The molecule has 2 aromatic rings. The predicted molar refractivity (Wildman–Crippen MR) is 150 cm³/mol. The number of hydrogen-bond donors (Lipinski definition) is 6. The average Bonchev–Trinajstić information content (AvgIpc) is 2.90. The highest BCUT2D eigenvalue weighted by molar-refractivity contribution is 6.24. The largest absolute Gasteiger partial charge is 0.508 e. The maximum atomic E-state index is 14.0. The van der Waals surface area contributed by atoms with Crippen molar-refractivity contribution >= 4 is 34.8 Å². The first-order chi connectivity index (χ1) is 19.8. The summed E-state index contributed by atoms with van der Waals surface area (Å²) in [7, 11) is 4.49. The molecule has 3 aliphatic carbocycles. The van der Waals surface area contributed by atoms with E-state index in [1.165, 1.54) is 18.1 Å². The Hall–Kier alpha value is -4.52. The molecule has 12 nitrogen and oxygen atoms in total. The molecule has 4 atom stereocenters. The van der Waals surface area contributed by atoms with Gasteiger partial charge in [-0.15, -0.1) is 0 Å². The van der Waals surface area contributed by atoms with Crippen molar-refractivity contribution < 1.29 is 44.3 Å². The molecule has 0 spiro atoms. The van der Waals surface area contributed by atoms with Crippen molar-refractivity contribution in [2.75, 3.05) is 33.1 Å². The molecule has 1 saturated carbocycles. The van der Waals surface area contributed by atoms with E-state index in [1.807, 2.05) is 0 Å². The van der Waals surface area contributed by atoms with Crippen LogP contribution in [-0.4, -0.2) is 88.2 Å². The maximum Gasteiger partial charge on any atom is 0.255 e. The second-order valence-corrected chi connectivity index (χ2v) is 11.0. The first kappa shape index (κ1) is 29.0. The molecule has 5 rings (SSSR count). The molecular formula is C30H31N3O9. The van der Waals surface area contributed by atoms with Gasteiger partial charge in [0.2, 0.25) is 11.7 Å². The molecular weight excluding hydrogens is 546 g/mol. The normalized spacial score (nSPS) is 25.2. The number of aromatic hydroxyl groups is 1. The lowest BCUT2D eigenvalue weighted by molar-refractivity contribution is -0.153. The van der Waals surface area contributed by atoms with Crippen LogP contribution in [0.1, 0.15) is 17.5 Å². The third kappa shape index (κ3) is 4.26. The smallest absolute Gasteiger partial charge is 0.255 e. The SMILES string of the molecule is COCC(=O)Nc1cccc(-c2ccc(O)c3c2C[C@H]2C[C@H]4[C@H](N(C)C)C(=O)C(C(N)=O)=C(O)[C@@]4(O)C(=O)C2=C3O)c1. The Bertz CT molecular complexity index is 1610. The molecule has 220 valence electrons. The van der Waals surface area contributed by atoms with Gasteiger partial charge in [-0.3, -0.25) is 24.1 Å². The van der Waals surface area contributed by atoms with Gasteiger partial charge >= 0.3 is 0 Å². The quantitative estimate of drug-likeness (QED) is 0.271. The van der Waals surface area contributed by atoms with Gasteiger partial charge in [0.05, 0.1) is 11.6 Å². The van der Waals surface area contributed by atoms with Crippen molar-refractivity contribution in [2.45, 2.75) is 24.5 Å². The zero-order chi connectivity index (χ0) is 30.7. The monoisotopic (exact) mass is 577 g/mol. The minimum Gasteiger partial charge on any atom is -0.508 e. The summed E-state index contributed by atoms with van der Waals surface area (Å²) in [4.78, 5) is 52.9. The van der Waals surface area contributed by atoms with Gasteiger partial charge in [0.1, 0.15) is 29.4 Å². The summed E-state index contributed by atoms with van der Waals surface area (Å²) in [6, 6.07) is 8.78. The Morgan fingerprint density at radius 3 is 2.50 bits per heavy atom. The lowest BCUT2D eigenvalue weighted by atomic mass is 9.57. The number of benzene rings is 2. The number of Topliss-reactive ketones (excluding diaryl/α,β-unsaturated/α-hetero) is 2. The van der Waals surface area contributed by atoms with Gasteiger partial charge in [-0.25, -0.2) is 0 Å². The molecule has 0 unspecified atom stereocenters. The summed E-state index contributed by atoms with van der Waals surface area (Å²) in [6.07, 6.45) is 0.118. The van der Waals surface area contributed by atoms with Crippen LogP contribution in [0.2, 0.25) is 0 Å². The first-order valence-electron chi connectivity index (χ1n) is 13.2. The number of phenolic OH excluding ortho intramolecular Hbond substituents is 1. The van der Waals surface area contributed by atoms with Crippen molar-refractivity contribution in [1.29, 1.82) is 0 Å². The fourth-order valence-corrected chi connectivity index (χ4v) is 6.61. The van der Waals surface area contributed by atoms with Crippen LogP contribution >= 0.6 is 0 Å². The van der Waals surface area contributed by atoms with Gasteiger partial charge in [0.25, 0.3) is 5.91 Å². The summed E-state index contributed by atoms with van der Waals surface area (Å²) in [6.45, 7) is -0.133. The van der Waals surface area contributed by atoms with Crippen LogP contribution in [0.4, 0.5) is 5.69 Å². The fourth-order valence-electron chi connectivity index (χ4n) is 6.61. The minimum absolute atomic E-state index is 0.0161. The number of fused-ring (bicyclic) bond motifs is 3. The number of hydrogen-bond acceptors (Lipinski definition) is 10. The summed E-state index contributed by atoms with van der Waals surface area (Å²) < 4.78 is 4.86. The van der Waals surface area contributed by atoms with E-state index in [2.05, 4.69) is 5.32 Å². The van der Waals surface area contributed by atoms with E-state index < -0.39 is 58.0 Å². The number of aliphatic hydroxyl groups excluding tert-OH is 2. The van der Waals surface area contributed by atoms with Gasteiger partial charge in [-0.1, -0.05) is 18.2 Å². The number of likely N-dealkylation sites (N-methyl/N-ethyl adjacent to an activating group) is 1. The number of rotatable bonds is 6. The second kappa shape index (κ2) is 10.4. The van der Waals surface area contributed by atoms with Crippen LogP contribution in [0.25, 0.3) is 16.9 Å². The number of nitrogens with two attached hydrogens (primary N) is 1. The van der Waals surface area contributed by atoms with Crippen molar-refractivity contribution in [2.24, 2.45) is 17.6 Å². The van der Waals surface area contributed by atoms with E-state index in [9.17, 15) is 39.6 Å². The van der Waals surface area contributed by atoms with Crippen LogP contribution in [0.3, 0.4) is 0 Å². The zero-order valence-corrected chi connectivity index (χ0v) is 23.2. The molecule has 0 aliphatic heterocycles. The third-order valence-corrected chi connectivity index (χ3v) is 8.34. The molecule has 0 radical (unpaired) electrons. The number of phenols is 1. The van der Waals surface area contributed by atoms with Crippen LogP contribution in [-0.2, 0) is 30.3 Å². The number of methoxy groups -OCH3 is 1. The van der Waals surface area contributed by atoms with Gasteiger partial charge in [0.15, 0.2) is 11.4 Å². The highest BCUT2D eigenvalue weighted by Gasteiger charge is 2.64. The van der Waals surface area contributed by atoms with E-state index in [-0.39, 0.29) is 42.2 Å². The van der Waals surface area contributed by atoms with Gasteiger partial charge in [-0.2, -0.15) is 0 Å². The van der Waals surface area contributed by atoms with Crippen molar-refractivity contribution in [3.8, 4) is 16.9 Å². The number of anilines is 1. The summed E-state index contributed by atoms with van der Waals surface area (Å²) in [5.41, 5.74) is 3.83. The standard InChI is InChI=1S/C30H31N3O9/c1-33(2)24-18-11-14-10-17-16(13-5-4-6-15(9-13)32-20(35)12-42-3)7-8-19(34)22(17)25(36)21(14)27(38)30(18,41)28(39)23(26(24)37)29(31)40/h4-9,14,18,24,34,36,39,41H,10-12H2,1-3H3,(H2,31,40)(H,32,35)/t14-,18-,24-,30-/m0/s1. The van der Waals surface area contributed by atoms with E-state index in [0.717, 1.165) is 0 Å². The minimum atomic E-state index is -2.70. The number of carbonyl (C=O) groups is 4. The fraction of sp³-hybridized carbons (Fsp3) is 0.333. The Morgan fingerprint density at radius 1 is 1.14 bits per heavy atom. The van der Waals surface area contributed by atoms with E-state index >= 15 is 0 Å². The molecule has 0 heterocycles.